The molecule has 0 bridgehead atoms. The first-order chi connectivity index (χ1) is 17.0. The van der Waals surface area contributed by atoms with E-state index < -0.39 is 0 Å². The number of benzene rings is 2. The van der Waals surface area contributed by atoms with E-state index in [1.165, 1.54) is 5.69 Å². The van der Waals surface area contributed by atoms with Gasteiger partial charge in [-0.05, 0) is 60.0 Å². The summed E-state index contributed by atoms with van der Waals surface area (Å²) in [6.45, 7) is 4.75. The molecule has 2 aromatic carbocycles. The quantitative estimate of drug-likeness (QED) is 0.488. The third-order valence-electron chi connectivity index (χ3n) is 6.62. The van der Waals surface area contributed by atoms with Crippen molar-refractivity contribution in [1.82, 2.24) is 10.3 Å². The fraction of sp³-hybridized carbons (Fsp3) is 0.296. The van der Waals surface area contributed by atoms with Crippen LogP contribution in [0.25, 0.3) is 0 Å². The Morgan fingerprint density at radius 2 is 1.69 bits per heavy atom. The molecule has 2 amide bonds. The van der Waals surface area contributed by atoms with E-state index in [0.29, 0.717) is 35.3 Å². The number of aryl methyl sites for hydroxylation is 1. The zero-order valence-electron chi connectivity index (χ0n) is 19.6. The van der Waals surface area contributed by atoms with Gasteiger partial charge in [-0.2, -0.15) is 5.10 Å². The maximum atomic E-state index is 13.4. The Morgan fingerprint density at radius 3 is 2.43 bits per heavy atom. The van der Waals surface area contributed by atoms with Crippen molar-refractivity contribution in [2.45, 2.75) is 26.2 Å². The van der Waals surface area contributed by atoms with Gasteiger partial charge in [0, 0.05) is 53.9 Å². The third kappa shape index (κ3) is 4.75. The number of para-hydroxylation sites is 1. The lowest BCUT2D eigenvalue weighted by Crippen LogP contribution is -2.48. The van der Waals surface area contributed by atoms with E-state index in [4.69, 9.17) is 4.42 Å². The predicted molar refractivity (Wildman–Crippen MR) is 139 cm³/mol. The van der Waals surface area contributed by atoms with Gasteiger partial charge in [0.05, 0.1) is 11.3 Å². The number of rotatable bonds is 4. The van der Waals surface area contributed by atoms with Crippen molar-refractivity contribution in [2.24, 2.45) is 5.10 Å². The number of hydrogen-bond donors (Lipinski definition) is 1. The standard InChI is InChI=1S/C27H27BrN4O3/c1-18-24-22(29-30-26(33)20-10-5-6-11-21(20)28)12-7-13-23(24)35-25(18)27(34)32-16-14-31(15-17-32)19-8-3-2-4-9-19/h2-6,8-11H,7,12-17H2,1H3,(H,30,33)/b29-22+. The van der Waals surface area contributed by atoms with Gasteiger partial charge < -0.3 is 14.2 Å². The first-order valence-electron chi connectivity index (χ1n) is 11.9. The summed E-state index contributed by atoms with van der Waals surface area (Å²) in [6.07, 6.45) is 2.32. The van der Waals surface area contributed by atoms with Gasteiger partial charge in [0.25, 0.3) is 11.8 Å². The second kappa shape index (κ2) is 10.1. The minimum atomic E-state index is -0.286. The normalized spacial score (nSPS) is 16.8. The van der Waals surface area contributed by atoms with E-state index in [9.17, 15) is 9.59 Å². The average molecular weight is 535 g/mol. The highest BCUT2D eigenvalue weighted by Gasteiger charge is 2.31. The van der Waals surface area contributed by atoms with Crippen LogP contribution in [0.5, 0.6) is 0 Å². The summed E-state index contributed by atoms with van der Waals surface area (Å²) in [5.41, 5.74) is 6.77. The van der Waals surface area contributed by atoms with Crippen LogP contribution in [-0.2, 0) is 6.42 Å². The van der Waals surface area contributed by atoms with Gasteiger partial charge in [0.1, 0.15) is 5.76 Å². The monoisotopic (exact) mass is 534 g/mol. The molecular weight excluding hydrogens is 508 g/mol. The minimum absolute atomic E-state index is 0.0822. The van der Waals surface area contributed by atoms with Crippen molar-refractivity contribution in [3.8, 4) is 0 Å². The summed E-state index contributed by atoms with van der Waals surface area (Å²) in [5.74, 6) is 0.788. The average Bonchev–Trinajstić information content (AvgIpc) is 3.24. The van der Waals surface area contributed by atoms with Crippen LogP contribution < -0.4 is 10.3 Å². The van der Waals surface area contributed by atoms with Crippen LogP contribution in [0.4, 0.5) is 5.69 Å². The highest BCUT2D eigenvalue weighted by Crippen LogP contribution is 2.31. The number of hydrazone groups is 1. The number of nitrogens with one attached hydrogen (secondary N) is 1. The molecular formula is C27H27BrN4O3. The zero-order chi connectivity index (χ0) is 24.4. The second-order valence-corrected chi connectivity index (χ2v) is 9.66. The number of amides is 2. The summed E-state index contributed by atoms with van der Waals surface area (Å²) in [4.78, 5) is 30.2. The first kappa shape index (κ1) is 23.4. The molecule has 1 fully saturated rings. The fourth-order valence-electron chi connectivity index (χ4n) is 4.76. The maximum absolute atomic E-state index is 13.4. The van der Waals surface area contributed by atoms with Crippen molar-refractivity contribution in [3.63, 3.8) is 0 Å². The second-order valence-electron chi connectivity index (χ2n) is 8.80. The van der Waals surface area contributed by atoms with Gasteiger partial charge in [-0.25, -0.2) is 5.43 Å². The molecule has 3 aromatic rings. The number of furan rings is 1. The topological polar surface area (TPSA) is 78.2 Å². The Morgan fingerprint density at radius 1 is 0.971 bits per heavy atom. The van der Waals surface area contributed by atoms with Crippen LogP contribution in [0.1, 0.15) is 50.6 Å². The number of carbonyl (C=O) groups excluding carboxylic acids is 2. The van der Waals surface area contributed by atoms with Gasteiger partial charge >= 0.3 is 0 Å². The fourth-order valence-corrected chi connectivity index (χ4v) is 5.22. The lowest BCUT2D eigenvalue weighted by atomic mass is 9.93. The molecule has 7 nitrogen and oxygen atoms in total. The van der Waals surface area contributed by atoms with Crippen molar-refractivity contribution < 1.29 is 14.0 Å². The van der Waals surface area contributed by atoms with Crippen LogP contribution in [0, 0.1) is 6.92 Å². The van der Waals surface area contributed by atoms with E-state index in [1.54, 1.807) is 6.07 Å². The smallest absolute Gasteiger partial charge is 0.289 e. The molecule has 0 radical (unpaired) electrons. The number of halogens is 1. The summed E-state index contributed by atoms with van der Waals surface area (Å²) >= 11 is 3.40. The molecule has 1 saturated heterocycles. The number of fused-ring (bicyclic) bond motifs is 1. The van der Waals surface area contributed by atoms with Gasteiger partial charge in [-0.1, -0.05) is 30.3 Å². The van der Waals surface area contributed by atoms with Gasteiger partial charge in [-0.15, -0.1) is 0 Å². The zero-order valence-corrected chi connectivity index (χ0v) is 21.2. The molecule has 35 heavy (non-hydrogen) atoms. The van der Waals surface area contributed by atoms with E-state index in [2.05, 4.69) is 43.5 Å². The molecule has 0 atom stereocenters. The molecule has 180 valence electrons. The number of hydrogen-bond acceptors (Lipinski definition) is 5. The number of piperazine rings is 1. The molecule has 0 spiro atoms. The van der Waals surface area contributed by atoms with Gasteiger partial charge in [0.2, 0.25) is 0 Å². The van der Waals surface area contributed by atoms with Crippen molar-refractivity contribution in [2.75, 3.05) is 31.1 Å². The van der Waals surface area contributed by atoms with Crippen molar-refractivity contribution >= 4 is 39.1 Å². The molecule has 5 rings (SSSR count). The predicted octanol–water partition coefficient (Wildman–Crippen LogP) is 4.78. The molecule has 0 unspecified atom stereocenters. The molecule has 1 aromatic heterocycles. The Labute approximate surface area is 212 Å². The van der Waals surface area contributed by atoms with E-state index in [1.807, 2.05) is 48.2 Å². The number of nitrogens with zero attached hydrogens (tertiary/aromatic N) is 3. The maximum Gasteiger partial charge on any atom is 0.289 e. The Hall–Kier alpha value is -3.39. The van der Waals surface area contributed by atoms with Crippen LogP contribution in [0.2, 0.25) is 0 Å². The highest BCUT2D eigenvalue weighted by molar-refractivity contribution is 9.10. The van der Waals surface area contributed by atoms with E-state index in [0.717, 1.165) is 48.5 Å². The number of anilines is 1. The number of carbonyl (C=O) groups is 2. The summed E-state index contributed by atoms with van der Waals surface area (Å²) < 4.78 is 6.81. The lowest BCUT2D eigenvalue weighted by Gasteiger charge is -2.35. The molecule has 8 heteroatoms. The van der Waals surface area contributed by atoms with Gasteiger partial charge in [-0.3, -0.25) is 9.59 Å². The Bertz CT molecular complexity index is 1280. The summed E-state index contributed by atoms with van der Waals surface area (Å²) in [6, 6.07) is 17.5. The van der Waals surface area contributed by atoms with Gasteiger partial charge in [0.15, 0.2) is 5.76 Å². The molecule has 1 aliphatic heterocycles. The molecule has 1 aliphatic carbocycles. The van der Waals surface area contributed by atoms with Crippen molar-refractivity contribution in [1.29, 1.82) is 0 Å². The van der Waals surface area contributed by atoms with E-state index in [-0.39, 0.29) is 11.8 Å². The highest BCUT2D eigenvalue weighted by atomic mass is 79.9. The van der Waals surface area contributed by atoms with Crippen LogP contribution in [0.15, 0.2) is 68.6 Å². The Kier molecular flexibility index (Phi) is 6.72. The third-order valence-corrected chi connectivity index (χ3v) is 7.31. The minimum Gasteiger partial charge on any atom is -0.455 e. The van der Waals surface area contributed by atoms with Crippen LogP contribution in [-0.4, -0.2) is 48.6 Å². The van der Waals surface area contributed by atoms with Crippen molar-refractivity contribution in [3.05, 3.63) is 87.3 Å². The van der Waals surface area contributed by atoms with Crippen LogP contribution >= 0.6 is 15.9 Å². The molecule has 0 saturated carbocycles. The SMILES string of the molecule is Cc1c(C(=O)N2CCN(c3ccccc3)CC2)oc2c1/C(=N/NC(=O)c1ccccc1Br)CCC2. The molecule has 1 N–H and O–H groups in total. The summed E-state index contributed by atoms with van der Waals surface area (Å²) in [7, 11) is 0. The van der Waals surface area contributed by atoms with Crippen LogP contribution in [0.3, 0.4) is 0 Å². The Balaban J connectivity index is 1.31. The lowest BCUT2D eigenvalue weighted by molar-refractivity contribution is 0.0711. The summed E-state index contributed by atoms with van der Waals surface area (Å²) in [5, 5.41) is 4.44. The first-order valence-corrected chi connectivity index (χ1v) is 12.7. The van der Waals surface area contributed by atoms with E-state index >= 15 is 0 Å². The largest absolute Gasteiger partial charge is 0.455 e. The molecule has 2 aliphatic rings. The molecule has 2 heterocycles.